The first kappa shape index (κ1) is 26.5. The van der Waals surface area contributed by atoms with Crippen LogP contribution in [0.25, 0.3) is 11.1 Å². The lowest BCUT2D eigenvalue weighted by molar-refractivity contribution is -0.133. The van der Waals surface area contributed by atoms with Gasteiger partial charge >= 0.3 is 0 Å². The number of likely N-dealkylation sites (tertiary alicyclic amines) is 2. The third-order valence-electron chi connectivity index (χ3n) is 8.22. The molecular formula is C30H38N8O2. The molecule has 10 heteroatoms. The molecule has 210 valence electrons. The van der Waals surface area contributed by atoms with Crippen molar-refractivity contribution in [2.75, 3.05) is 52.1 Å². The number of anilines is 2. The third-order valence-corrected chi connectivity index (χ3v) is 8.22. The Morgan fingerprint density at radius 1 is 1.25 bits per heavy atom. The number of nitrogens with one attached hydrogen (secondary N) is 1. The molecule has 0 aromatic carbocycles. The zero-order valence-corrected chi connectivity index (χ0v) is 23.8. The molecule has 2 fully saturated rings. The molecule has 0 bridgehead atoms. The SMILES string of the molecule is Cc1nc(C2CCN(C3CN(C(=O)/C=C/CN(C)C)C3)CC2)cc2c1OCc1c(-c3cnn(C)c3)ccnc1N2. The van der Waals surface area contributed by atoms with Gasteiger partial charge in [0.05, 0.1) is 17.6 Å². The van der Waals surface area contributed by atoms with Crippen molar-refractivity contribution in [1.29, 1.82) is 0 Å². The van der Waals surface area contributed by atoms with Crippen LogP contribution in [-0.4, -0.2) is 93.2 Å². The van der Waals surface area contributed by atoms with Gasteiger partial charge in [-0.25, -0.2) is 4.98 Å². The van der Waals surface area contributed by atoms with Crippen LogP contribution in [0.3, 0.4) is 0 Å². The molecule has 0 saturated carbocycles. The van der Waals surface area contributed by atoms with Crippen molar-refractivity contribution in [3.8, 4) is 16.9 Å². The second-order valence-corrected chi connectivity index (χ2v) is 11.4. The number of carbonyl (C=O) groups is 1. The Morgan fingerprint density at radius 3 is 2.77 bits per heavy atom. The summed E-state index contributed by atoms with van der Waals surface area (Å²) in [5.41, 5.74) is 6.05. The number of likely N-dealkylation sites (N-methyl/N-ethyl adjacent to an activating group) is 1. The number of fused-ring (bicyclic) bond motifs is 2. The smallest absolute Gasteiger partial charge is 0.246 e. The third kappa shape index (κ3) is 5.33. The summed E-state index contributed by atoms with van der Waals surface area (Å²) < 4.78 is 8.12. The van der Waals surface area contributed by atoms with E-state index in [1.807, 2.05) is 68.6 Å². The Balaban J connectivity index is 1.10. The van der Waals surface area contributed by atoms with Gasteiger partial charge in [-0.2, -0.15) is 5.10 Å². The maximum absolute atomic E-state index is 12.4. The van der Waals surface area contributed by atoms with Crippen molar-refractivity contribution >= 4 is 17.4 Å². The van der Waals surface area contributed by atoms with E-state index >= 15 is 0 Å². The Hall–Kier alpha value is -3.76. The highest BCUT2D eigenvalue weighted by molar-refractivity contribution is 5.88. The minimum atomic E-state index is 0.121. The second kappa shape index (κ2) is 11.0. The van der Waals surface area contributed by atoms with E-state index in [0.29, 0.717) is 18.6 Å². The first-order valence-electron chi connectivity index (χ1n) is 14.1. The summed E-state index contributed by atoms with van der Waals surface area (Å²) in [4.78, 5) is 28.6. The number of rotatable bonds is 6. The van der Waals surface area contributed by atoms with Crippen molar-refractivity contribution in [3.63, 3.8) is 0 Å². The average molecular weight is 543 g/mol. The number of piperidine rings is 1. The van der Waals surface area contributed by atoms with Gasteiger partial charge < -0.3 is 19.9 Å². The van der Waals surface area contributed by atoms with E-state index in [4.69, 9.17) is 9.72 Å². The summed E-state index contributed by atoms with van der Waals surface area (Å²) in [5, 5.41) is 7.90. The molecule has 2 saturated heterocycles. The topological polar surface area (TPSA) is 91.7 Å². The number of ether oxygens (including phenoxy) is 1. The molecule has 3 aliphatic rings. The monoisotopic (exact) mass is 542 g/mol. The van der Waals surface area contributed by atoms with E-state index in [9.17, 15) is 4.79 Å². The van der Waals surface area contributed by atoms with Gasteiger partial charge in [0.1, 0.15) is 12.4 Å². The first-order valence-corrected chi connectivity index (χ1v) is 14.1. The fourth-order valence-corrected chi connectivity index (χ4v) is 5.91. The molecule has 6 heterocycles. The molecule has 0 aliphatic carbocycles. The predicted molar refractivity (Wildman–Crippen MR) is 155 cm³/mol. The van der Waals surface area contributed by atoms with E-state index < -0.39 is 0 Å². The molecule has 1 amide bonds. The second-order valence-electron chi connectivity index (χ2n) is 11.4. The maximum Gasteiger partial charge on any atom is 0.246 e. The van der Waals surface area contributed by atoms with Crippen LogP contribution in [0.4, 0.5) is 11.5 Å². The summed E-state index contributed by atoms with van der Waals surface area (Å²) in [6.45, 7) is 6.91. The summed E-state index contributed by atoms with van der Waals surface area (Å²) in [6, 6.07) is 4.63. The Kier molecular flexibility index (Phi) is 7.29. The number of nitrogens with zero attached hydrogens (tertiary/aromatic N) is 7. The number of aromatic nitrogens is 4. The van der Waals surface area contributed by atoms with Crippen LogP contribution in [-0.2, 0) is 18.4 Å². The van der Waals surface area contributed by atoms with E-state index in [1.54, 1.807) is 10.8 Å². The van der Waals surface area contributed by atoms with Crippen molar-refractivity contribution in [2.45, 2.75) is 38.3 Å². The average Bonchev–Trinajstić information content (AvgIpc) is 3.24. The molecular weight excluding hydrogens is 504 g/mol. The van der Waals surface area contributed by atoms with Gasteiger partial charge in [-0.05, 0) is 64.6 Å². The minimum Gasteiger partial charge on any atom is -0.485 e. The number of hydrogen-bond donors (Lipinski definition) is 1. The first-order chi connectivity index (χ1) is 19.4. The zero-order valence-electron chi connectivity index (χ0n) is 23.8. The minimum absolute atomic E-state index is 0.121. The number of pyridine rings is 2. The van der Waals surface area contributed by atoms with E-state index in [2.05, 4.69) is 26.4 Å². The van der Waals surface area contributed by atoms with Gasteiger partial charge in [0.15, 0.2) is 5.75 Å². The van der Waals surface area contributed by atoms with Crippen LogP contribution in [0.15, 0.2) is 42.9 Å². The van der Waals surface area contributed by atoms with Crippen molar-refractivity contribution in [1.82, 2.24) is 34.4 Å². The van der Waals surface area contributed by atoms with Gasteiger partial charge in [-0.3, -0.25) is 19.4 Å². The molecule has 10 nitrogen and oxygen atoms in total. The van der Waals surface area contributed by atoms with Crippen LogP contribution in [0.2, 0.25) is 0 Å². The molecule has 0 unspecified atom stereocenters. The highest BCUT2D eigenvalue weighted by Crippen LogP contribution is 2.40. The lowest BCUT2D eigenvalue weighted by Crippen LogP contribution is -2.61. The van der Waals surface area contributed by atoms with Crippen LogP contribution in [0.1, 0.15) is 35.7 Å². The van der Waals surface area contributed by atoms with E-state index in [1.165, 1.54) is 0 Å². The van der Waals surface area contributed by atoms with Gasteiger partial charge in [-0.1, -0.05) is 6.08 Å². The van der Waals surface area contributed by atoms with Crippen molar-refractivity contribution < 1.29 is 9.53 Å². The quantitative estimate of drug-likeness (QED) is 0.475. The molecule has 3 aliphatic heterocycles. The highest BCUT2D eigenvalue weighted by Gasteiger charge is 2.36. The fraction of sp³-hybridized carbons (Fsp3) is 0.467. The van der Waals surface area contributed by atoms with Gasteiger partial charge in [0.2, 0.25) is 5.91 Å². The molecule has 1 N–H and O–H groups in total. The van der Waals surface area contributed by atoms with Crippen LogP contribution in [0, 0.1) is 6.92 Å². The van der Waals surface area contributed by atoms with Crippen molar-refractivity contribution in [3.05, 3.63) is 59.8 Å². The van der Waals surface area contributed by atoms with E-state index in [0.717, 1.165) is 90.9 Å². The summed E-state index contributed by atoms with van der Waals surface area (Å²) >= 11 is 0. The largest absolute Gasteiger partial charge is 0.485 e. The zero-order chi connectivity index (χ0) is 27.8. The molecule has 0 spiro atoms. The molecule has 0 atom stereocenters. The number of carbonyl (C=O) groups excluding carboxylic acids is 1. The van der Waals surface area contributed by atoms with Crippen LogP contribution < -0.4 is 10.1 Å². The molecule has 3 aromatic heterocycles. The van der Waals surface area contributed by atoms with Gasteiger partial charge in [0, 0.05) is 73.9 Å². The normalized spacial score (nSPS) is 18.2. The lowest BCUT2D eigenvalue weighted by Gasteiger charge is -2.47. The van der Waals surface area contributed by atoms with E-state index in [-0.39, 0.29) is 5.91 Å². The lowest BCUT2D eigenvalue weighted by atomic mass is 9.90. The number of amides is 1. The summed E-state index contributed by atoms with van der Waals surface area (Å²) in [5.74, 6) is 2.12. The molecule has 0 radical (unpaired) electrons. The molecule has 6 rings (SSSR count). The Bertz CT molecular complexity index is 1420. The van der Waals surface area contributed by atoms with Crippen LogP contribution in [0.5, 0.6) is 5.75 Å². The maximum atomic E-state index is 12.4. The number of hydrogen-bond acceptors (Lipinski definition) is 8. The highest BCUT2D eigenvalue weighted by atomic mass is 16.5. The number of aryl methyl sites for hydroxylation is 2. The van der Waals surface area contributed by atoms with Crippen LogP contribution >= 0.6 is 0 Å². The Morgan fingerprint density at radius 2 is 2.05 bits per heavy atom. The molecule has 40 heavy (non-hydrogen) atoms. The standard InChI is InChI=1S/C30H38N8O2/c1-20-29-27(34-30-25(19-40-29)24(7-10-31-30)22-15-32-36(4)16-22)14-26(33-20)21-8-12-37(13-9-21)23-17-38(18-23)28(39)6-5-11-35(2)3/h5-7,10,14-16,21,23H,8-9,11-13,17-19H2,1-4H3,(H,31,34)/b6-5+. The Labute approximate surface area is 235 Å². The molecule has 3 aromatic rings. The van der Waals surface area contributed by atoms with Crippen molar-refractivity contribution in [2.24, 2.45) is 7.05 Å². The summed E-state index contributed by atoms with van der Waals surface area (Å²) in [6.07, 6.45) is 11.5. The predicted octanol–water partition coefficient (Wildman–Crippen LogP) is 3.33. The summed E-state index contributed by atoms with van der Waals surface area (Å²) in [7, 11) is 5.92. The van der Waals surface area contributed by atoms with Gasteiger partial charge in [0.25, 0.3) is 0 Å². The fourth-order valence-electron chi connectivity index (χ4n) is 5.91. The van der Waals surface area contributed by atoms with Gasteiger partial charge in [-0.15, -0.1) is 0 Å².